The standard InChI is InChI=1S/C60H101N2O7P/c1-7-10-13-16-19-22-25-28-30-31-32-35-38-41-44-47-50-53-60(64)69-58(51-48-45-42-39-36-33-27-24-21-18-15-12-9-3)57(56-68-70(65,66)67-55-54-62(4,5)6)61-59(63)52-49-46-43-40-37-34-29-26-23-20-17-14-11-8-2/h10-11,13-14,16,19-20,22-23,25,28-32,34-35,38,48,51,57-58H,7-9,12,15,17-18,21,24,26-27,33,36-37,39-47,49-50,52-56H2,1-6H3,(H-,61,63,65,66)/b13-10-,14-11+,19-16+,23-20+,25-22+,30-28-,32-31+,34-29+,38-35+,51-48+. The molecule has 0 spiro atoms. The molecule has 0 fully saturated rings. The van der Waals surface area contributed by atoms with Gasteiger partial charge in [-0.25, -0.2) is 0 Å². The molecule has 0 aliphatic heterocycles. The van der Waals surface area contributed by atoms with E-state index in [2.05, 4.69) is 74.7 Å². The molecule has 70 heavy (non-hydrogen) atoms. The lowest BCUT2D eigenvalue weighted by atomic mass is 10.0. The van der Waals surface area contributed by atoms with Crippen LogP contribution >= 0.6 is 7.82 Å². The van der Waals surface area contributed by atoms with Crippen LogP contribution in [-0.2, 0) is 27.9 Å². The lowest BCUT2D eigenvalue weighted by Gasteiger charge is -2.30. The van der Waals surface area contributed by atoms with E-state index >= 15 is 0 Å². The zero-order valence-electron chi connectivity index (χ0n) is 45.2. The zero-order valence-corrected chi connectivity index (χ0v) is 46.1. The SMILES string of the molecule is CC\C=C/C=C/C=C/C=C\C=C\C=C\CCCCCC(=O)OC(/C=C/CCCCCCCCCCCCC)C(COP(=O)([O-])OCC[N+](C)(C)C)NC(=O)CCCCCC/C=C/C/C=C/C/C=C/CC. The molecular weight excluding hydrogens is 892 g/mol. The highest BCUT2D eigenvalue weighted by molar-refractivity contribution is 7.45. The summed E-state index contributed by atoms with van der Waals surface area (Å²) in [5.74, 6) is -0.630. The summed E-state index contributed by atoms with van der Waals surface area (Å²) in [5.41, 5.74) is 0. The number of nitrogens with one attached hydrogen (secondary N) is 1. The molecule has 0 aromatic carbocycles. The number of phosphoric ester groups is 1. The van der Waals surface area contributed by atoms with Crippen LogP contribution in [0.4, 0.5) is 0 Å². The van der Waals surface area contributed by atoms with Crippen molar-refractivity contribution < 1.29 is 37.3 Å². The maximum Gasteiger partial charge on any atom is 0.306 e. The molecule has 0 saturated heterocycles. The Kier molecular flexibility index (Phi) is 46.5. The molecule has 0 heterocycles. The number of quaternary nitrogens is 1. The maximum absolute atomic E-state index is 13.5. The summed E-state index contributed by atoms with van der Waals surface area (Å²) in [5, 5.41) is 2.99. The second-order valence-electron chi connectivity index (χ2n) is 19.1. The Hall–Kier alpha value is -3.59. The molecular formula is C60H101N2O7P. The minimum Gasteiger partial charge on any atom is -0.756 e. The van der Waals surface area contributed by atoms with Crippen LogP contribution in [0.25, 0.3) is 0 Å². The smallest absolute Gasteiger partial charge is 0.306 e. The number of ether oxygens (including phenoxy) is 1. The Morgan fingerprint density at radius 2 is 0.986 bits per heavy atom. The first-order valence-corrected chi connectivity index (χ1v) is 28.9. The minimum atomic E-state index is -4.72. The number of likely N-dealkylation sites (N-methyl/N-ethyl adjacent to an activating group) is 1. The summed E-state index contributed by atoms with van der Waals surface area (Å²) in [4.78, 5) is 39.8. The van der Waals surface area contributed by atoms with E-state index in [1.807, 2.05) is 88.0 Å². The molecule has 0 aromatic heterocycles. The Bertz CT molecular complexity index is 1610. The topological polar surface area (TPSA) is 114 Å². The molecule has 0 aliphatic carbocycles. The lowest BCUT2D eigenvalue weighted by molar-refractivity contribution is -0.870. The largest absolute Gasteiger partial charge is 0.756 e. The summed E-state index contributed by atoms with van der Waals surface area (Å²) in [6.45, 7) is 6.50. The van der Waals surface area contributed by atoms with Gasteiger partial charge in [0.2, 0.25) is 5.91 Å². The third-order valence-electron chi connectivity index (χ3n) is 11.3. The van der Waals surface area contributed by atoms with Crippen LogP contribution in [0.3, 0.4) is 0 Å². The number of esters is 1. The molecule has 0 aliphatic rings. The summed E-state index contributed by atoms with van der Waals surface area (Å²) in [6, 6.07) is -0.926. The number of allylic oxidation sites excluding steroid dienone is 19. The first-order valence-electron chi connectivity index (χ1n) is 27.4. The maximum atomic E-state index is 13.5. The number of carbonyl (C=O) groups is 2. The minimum absolute atomic E-state index is 0.0417. The Balaban J connectivity index is 5.56. The summed E-state index contributed by atoms with van der Waals surface area (Å²) in [6.07, 6.45) is 67.3. The number of rotatable bonds is 47. The van der Waals surface area contributed by atoms with Gasteiger partial charge in [0.05, 0.1) is 33.8 Å². The Labute approximate surface area is 429 Å². The predicted molar refractivity (Wildman–Crippen MR) is 297 cm³/mol. The number of nitrogens with zero attached hydrogens (tertiary/aromatic N) is 1. The van der Waals surface area contributed by atoms with Crippen molar-refractivity contribution in [3.8, 4) is 0 Å². The van der Waals surface area contributed by atoms with Crippen LogP contribution in [0.15, 0.2) is 122 Å². The van der Waals surface area contributed by atoms with Gasteiger partial charge in [0.1, 0.15) is 19.3 Å². The van der Waals surface area contributed by atoms with E-state index in [1.165, 1.54) is 57.8 Å². The molecule has 0 aromatic rings. The molecule has 0 saturated carbocycles. The van der Waals surface area contributed by atoms with Crippen molar-refractivity contribution in [3.05, 3.63) is 122 Å². The Morgan fingerprint density at radius 1 is 0.529 bits per heavy atom. The molecule has 3 unspecified atom stereocenters. The highest BCUT2D eigenvalue weighted by Gasteiger charge is 2.27. The first kappa shape index (κ1) is 66.4. The third-order valence-corrected chi connectivity index (χ3v) is 12.3. The van der Waals surface area contributed by atoms with Crippen molar-refractivity contribution in [1.29, 1.82) is 0 Å². The molecule has 3 atom stereocenters. The third kappa shape index (κ3) is 49.4. The van der Waals surface area contributed by atoms with Gasteiger partial charge in [0.15, 0.2) is 0 Å². The van der Waals surface area contributed by atoms with Crippen molar-refractivity contribution in [2.75, 3.05) is 40.9 Å². The van der Waals surface area contributed by atoms with Crippen LogP contribution < -0.4 is 10.2 Å². The molecule has 0 bridgehead atoms. The highest BCUT2D eigenvalue weighted by Crippen LogP contribution is 2.38. The second kappa shape index (κ2) is 49.0. The van der Waals surface area contributed by atoms with Crippen molar-refractivity contribution in [2.45, 2.75) is 206 Å². The van der Waals surface area contributed by atoms with Gasteiger partial charge in [0.25, 0.3) is 7.82 Å². The normalized spacial score (nSPS) is 14.8. The van der Waals surface area contributed by atoms with Crippen LogP contribution in [0.5, 0.6) is 0 Å². The number of unbranched alkanes of at least 4 members (excludes halogenated alkanes) is 18. The van der Waals surface area contributed by atoms with Gasteiger partial charge >= 0.3 is 5.97 Å². The average molecular weight is 993 g/mol. The molecule has 0 radical (unpaired) electrons. The summed E-state index contributed by atoms with van der Waals surface area (Å²) in [7, 11) is 1.12. The van der Waals surface area contributed by atoms with Crippen LogP contribution in [0.2, 0.25) is 0 Å². The van der Waals surface area contributed by atoms with Gasteiger partial charge in [-0.1, -0.05) is 220 Å². The predicted octanol–water partition coefficient (Wildman–Crippen LogP) is 15.7. The van der Waals surface area contributed by atoms with Gasteiger partial charge in [-0.05, 0) is 83.1 Å². The first-order chi connectivity index (χ1) is 33.9. The van der Waals surface area contributed by atoms with E-state index < -0.39 is 32.5 Å². The van der Waals surface area contributed by atoms with Gasteiger partial charge in [-0.2, -0.15) is 0 Å². The number of hydrogen-bond donors (Lipinski definition) is 1. The molecule has 10 heteroatoms. The summed E-state index contributed by atoms with van der Waals surface area (Å²) < 4.78 is 30.1. The van der Waals surface area contributed by atoms with Gasteiger partial charge in [0, 0.05) is 12.8 Å². The lowest BCUT2D eigenvalue weighted by Crippen LogP contribution is -2.47. The fraction of sp³-hybridized carbons (Fsp3) is 0.633. The van der Waals surface area contributed by atoms with E-state index in [1.54, 1.807) is 6.08 Å². The number of hydrogen-bond acceptors (Lipinski definition) is 7. The monoisotopic (exact) mass is 993 g/mol. The zero-order chi connectivity index (χ0) is 51.5. The average Bonchev–Trinajstić information content (AvgIpc) is 3.32. The number of amides is 1. The van der Waals surface area contributed by atoms with Gasteiger partial charge in [-0.15, -0.1) is 0 Å². The van der Waals surface area contributed by atoms with Gasteiger partial charge < -0.3 is 28.5 Å². The van der Waals surface area contributed by atoms with Crippen molar-refractivity contribution in [2.24, 2.45) is 0 Å². The van der Waals surface area contributed by atoms with Crippen LogP contribution in [0, 0.1) is 0 Å². The second-order valence-corrected chi connectivity index (χ2v) is 20.5. The molecule has 1 N–H and O–H groups in total. The van der Waals surface area contributed by atoms with Crippen molar-refractivity contribution >= 4 is 19.7 Å². The van der Waals surface area contributed by atoms with Gasteiger partial charge in [-0.3, -0.25) is 14.2 Å². The molecule has 0 rings (SSSR count). The van der Waals surface area contributed by atoms with E-state index in [0.29, 0.717) is 23.9 Å². The molecule has 398 valence electrons. The quantitative estimate of drug-likeness (QED) is 0.0161. The van der Waals surface area contributed by atoms with E-state index in [9.17, 15) is 19.0 Å². The molecule has 1 amide bonds. The van der Waals surface area contributed by atoms with E-state index in [4.69, 9.17) is 13.8 Å². The van der Waals surface area contributed by atoms with Crippen molar-refractivity contribution in [3.63, 3.8) is 0 Å². The summed E-state index contributed by atoms with van der Waals surface area (Å²) >= 11 is 0. The highest BCUT2D eigenvalue weighted by atomic mass is 31.2. The Morgan fingerprint density at radius 3 is 1.56 bits per heavy atom. The van der Waals surface area contributed by atoms with Crippen LogP contribution in [0.1, 0.15) is 194 Å². The fourth-order valence-corrected chi connectivity index (χ4v) is 7.82. The van der Waals surface area contributed by atoms with Crippen molar-refractivity contribution in [1.82, 2.24) is 5.32 Å². The van der Waals surface area contributed by atoms with Crippen LogP contribution in [-0.4, -0.2) is 69.4 Å². The van der Waals surface area contributed by atoms with E-state index in [-0.39, 0.29) is 25.4 Å². The number of carbonyl (C=O) groups excluding carboxylic acids is 2. The fourth-order valence-electron chi connectivity index (χ4n) is 7.09. The molecule has 9 nitrogen and oxygen atoms in total. The number of phosphoric acid groups is 1. The van der Waals surface area contributed by atoms with E-state index in [0.717, 1.165) is 89.9 Å².